The van der Waals surface area contributed by atoms with Crippen LogP contribution in [-0.2, 0) is 11.2 Å². The Balaban J connectivity index is 1.83. The first kappa shape index (κ1) is 17.7. The van der Waals surface area contributed by atoms with E-state index in [0.717, 1.165) is 19.3 Å². The van der Waals surface area contributed by atoms with Gasteiger partial charge in [0, 0.05) is 5.69 Å². The minimum atomic E-state index is -0.613. The molecule has 0 aromatic heterocycles. The highest BCUT2D eigenvalue weighted by Crippen LogP contribution is 2.11. The summed E-state index contributed by atoms with van der Waals surface area (Å²) in [6.07, 6.45) is 3.29. The fraction of sp³-hybridized carbons (Fsp3) is 0.263. The number of anilines is 1. The number of carbonyl (C=O) groups is 2. The quantitative estimate of drug-likeness (QED) is 0.817. The molecule has 24 heavy (non-hydrogen) atoms. The van der Waals surface area contributed by atoms with Crippen LogP contribution in [0, 0.1) is 5.82 Å². The van der Waals surface area contributed by atoms with Crippen LogP contribution in [0.2, 0.25) is 0 Å². The first-order valence-corrected chi connectivity index (χ1v) is 8.01. The molecule has 0 heterocycles. The van der Waals surface area contributed by atoms with Crippen LogP contribution in [0.1, 0.15) is 35.7 Å². The highest BCUT2D eigenvalue weighted by molar-refractivity contribution is 5.99. The molecule has 0 fully saturated rings. The van der Waals surface area contributed by atoms with Gasteiger partial charge in [-0.2, -0.15) is 0 Å². The monoisotopic (exact) mass is 328 g/mol. The third kappa shape index (κ3) is 5.19. The molecule has 0 aliphatic heterocycles. The zero-order valence-corrected chi connectivity index (χ0v) is 13.6. The van der Waals surface area contributed by atoms with E-state index in [2.05, 4.69) is 17.6 Å². The number of carbonyl (C=O) groups excluding carboxylic acids is 2. The van der Waals surface area contributed by atoms with Crippen molar-refractivity contribution in [2.24, 2.45) is 0 Å². The minimum absolute atomic E-state index is 0.0782. The van der Waals surface area contributed by atoms with Crippen LogP contribution in [0.25, 0.3) is 0 Å². The van der Waals surface area contributed by atoms with Gasteiger partial charge in [-0.15, -0.1) is 0 Å². The first-order valence-electron chi connectivity index (χ1n) is 8.01. The Labute approximate surface area is 141 Å². The molecule has 2 aromatic rings. The number of halogens is 1. The van der Waals surface area contributed by atoms with Crippen LogP contribution in [-0.4, -0.2) is 18.4 Å². The Morgan fingerprint density at radius 3 is 2.42 bits per heavy atom. The highest BCUT2D eigenvalue weighted by atomic mass is 19.1. The number of hydrogen-bond acceptors (Lipinski definition) is 2. The Bertz CT molecular complexity index is 699. The minimum Gasteiger partial charge on any atom is -0.343 e. The van der Waals surface area contributed by atoms with Crippen LogP contribution >= 0.6 is 0 Å². The van der Waals surface area contributed by atoms with Gasteiger partial charge < -0.3 is 10.6 Å². The Hall–Kier alpha value is -2.69. The number of nitrogens with one attached hydrogen (secondary N) is 2. The largest absolute Gasteiger partial charge is 0.343 e. The van der Waals surface area contributed by atoms with Crippen LogP contribution in [0.3, 0.4) is 0 Å². The number of unbranched alkanes of at least 4 members (excludes halogenated alkanes) is 1. The van der Waals surface area contributed by atoms with Crippen LogP contribution in [0.5, 0.6) is 0 Å². The summed E-state index contributed by atoms with van der Waals surface area (Å²) in [4.78, 5) is 23.7. The molecule has 0 unspecified atom stereocenters. The first-order chi connectivity index (χ1) is 11.6. The number of rotatable bonds is 7. The predicted molar refractivity (Wildman–Crippen MR) is 92.4 cm³/mol. The molecule has 0 saturated carbocycles. The highest BCUT2D eigenvalue weighted by Gasteiger charge is 2.12. The molecule has 126 valence electrons. The van der Waals surface area contributed by atoms with Gasteiger partial charge in [-0.1, -0.05) is 37.6 Å². The van der Waals surface area contributed by atoms with E-state index in [4.69, 9.17) is 0 Å². The maximum Gasteiger partial charge on any atom is 0.254 e. The number of amides is 2. The standard InChI is InChI=1S/C19H21FN2O2/c1-2-3-6-14-9-11-15(12-10-14)22-18(23)13-21-19(24)16-7-4-5-8-17(16)20/h4-5,7-12H,2-3,6,13H2,1H3,(H,21,24)(H,22,23). The van der Waals surface area contributed by atoms with E-state index in [9.17, 15) is 14.0 Å². The molecular formula is C19H21FN2O2. The van der Waals surface area contributed by atoms with Gasteiger partial charge in [-0.25, -0.2) is 4.39 Å². The van der Waals surface area contributed by atoms with Gasteiger partial charge in [-0.05, 0) is 42.7 Å². The average molecular weight is 328 g/mol. The van der Waals surface area contributed by atoms with Crippen LogP contribution < -0.4 is 10.6 Å². The summed E-state index contributed by atoms with van der Waals surface area (Å²) >= 11 is 0. The lowest BCUT2D eigenvalue weighted by Gasteiger charge is -2.08. The van der Waals surface area contributed by atoms with Gasteiger partial charge in [0.05, 0.1) is 12.1 Å². The summed E-state index contributed by atoms with van der Waals surface area (Å²) in [6, 6.07) is 13.3. The summed E-state index contributed by atoms with van der Waals surface area (Å²) in [5.41, 5.74) is 1.81. The third-order valence-corrected chi connectivity index (χ3v) is 3.58. The van der Waals surface area contributed by atoms with E-state index >= 15 is 0 Å². The Morgan fingerprint density at radius 1 is 1.04 bits per heavy atom. The molecule has 0 radical (unpaired) electrons. The van der Waals surface area contributed by atoms with Crippen molar-refractivity contribution < 1.29 is 14.0 Å². The molecule has 5 heteroatoms. The summed E-state index contributed by atoms with van der Waals surface area (Å²) in [5, 5.41) is 5.11. The number of aryl methyl sites for hydroxylation is 1. The van der Waals surface area contributed by atoms with Gasteiger partial charge in [0.15, 0.2) is 0 Å². The summed E-state index contributed by atoms with van der Waals surface area (Å²) in [6.45, 7) is 1.93. The van der Waals surface area contributed by atoms with Crippen molar-refractivity contribution in [3.8, 4) is 0 Å². The van der Waals surface area contributed by atoms with Crippen molar-refractivity contribution in [1.29, 1.82) is 0 Å². The second-order valence-corrected chi connectivity index (χ2v) is 5.51. The molecule has 4 nitrogen and oxygen atoms in total. The Morgan fingerprint density at radius 2 is 1.75 bits per heavy atom. The zero-order valence-electron chi connectivity index (χ0n) is 13.6. The molecule has 2 N–H and O–H groups in total. The Kier molecular flexibility index (Phi) is 6.49. The zero-order chi connectivity index (χ0) is 17.4. The van der Waals surface area contributed by atoms with E-state index in [1.165, 1.54) is 23.8 Å². The van der Waals surface area contributed by atoms with Crippen molar-refractivity contribution in [1.82, 2.24) is 5.32 Å². The number of benzene rings is 2. The van der Waals surface area contributed by atoms with Crippen molar-refractivity contribution in [3.63, 3.8) is 0 Å². The molecule has 0 saturated heterocycles. The molecule has 2 rings (SSSR count). The molecule has 2 amide bonds. The SMILES string of the molecule is CCCCc1ccc(NC(=O)CNC(=O)c2ccccc2F)cc1. The van der Waals surface area contributed by atoms with Gasteiger partial charge in [-0.3, -0.25) is 9.59 Å². The van der Waals surface area contributed by atoms with Gasteiger partial charge in [0.25, 0.3) is 5.91 Å². The summed E-state index contributed by atoms with van der Waals surface area (Å²) < 4.78 is 13.5. The fourth-order valence-corrected chi connectivity index (χ4v) is 2.24. The summed E-state index contributed by atoms with van der Waals surface area (Å²) in [5.74, 6) is -1.59. The lowest BCUT2D eigenvalue weighted by Crippen LogP contribution is -2.33. The van der Waals surface area contributed by atoms with Crippen LogP contribution in [0.15, 0.2) is 48.5 Å². The molecule has 0 bridgehead atoms. The molecular weight excluding hydrogens is 307 g/mol. The van der Waals surface area contributed by atoms with Crippen molar-refractivity contribution in [3.05, 3.63) is 65.5 Å². The second-order valence-electron chi connectivity index (χ2n) is 5.51. The molecule has 0 atom stereocenters. The lowest BCUT2D eigenvalue weighted by atomic mass is 10.1. The lowest BCUT2D eigenvalue weighted by molar-refractivity contribution is -0.115. The normalized spacial score (nSPS) is 10.2. The molecule has 2 aromatic carbocycles. The van der Waals surface area contributed by atoms with E-state index in [-0.39, 0.29) is 18.0 Å². The van der Waals surface area contributed by atoms with Crippen molar-refractivity contribution in [2.45, 2.75) is 26.2 Å². The van der Waals surface area contributed by atoms with Gasteiger partial charge in [0.1, 0.15) is 5.82 Å². The van der Waals surface area contributed by atoms with E-state index < -0.39 is 11.7 Å². The summed E-state index contributed by atoms with van der Waals surface area (Å²) in [7, 11) is 0. The van der Waals surface area contributed by atoms with E-state index in [1.54, 1.807) is 6.07 Å². The molecule has 0 spiro atoms. The maximum absolute atomic E-state index is 13.5. The average Bonchev–Trinajstić information content (AvgIpc) is 2.59. The third-order valence-electron chi connectivity index (χ3n) is 3.58. The number of hydrogen-bond donors (Lipinski definition) is 2. The molecule has 0 aliphatic rings. The van der Waals surface area contributed by atoms with E-state index in [1.807, 2.05) is 24.3 Å². The predicted octanol–water partition coefficient (Wildman–Crippen LogP) is 3.54. The maximum atomic E-state index is 13.5. The van der Waals surface area contributed by atoms with Crippen molar-refractivity contribution in [2.75, 3.05) is 11.9 Å². The fourth-order valence-electron chi connectivity index (χ4n) is 2.24. The molecule has 0 aliphatic carbocycles. The van der Waals surface area contributed by atoms with Gasteiger partial charge in [0.2, 0.25) is 5.91 Å². The van der Waals surface area contributed by atoms with Crippen molar-refractivity contribution >= 4 is 17.5 Å². The van der Waals surface area contributed by atoms with E-state index in [0.29, 0.717) is 5.69 Å². The topological polar surface area (TPSA) is 58.2 Å². The smallest absolute Gasteiger partial charge is 0.254 e. The van der Waals surface area contributed by atoms with Crippen LogP contribution in [0.4, 0.5) is 10.1 Å². The van der Waals surface area contributed by atoms with Gasteiger partial charge >= 0.3 is 0 Å². The second kappa shape index (κ2) is 8.82.